The average molecular weight is 333 g/mol. The molecule has 0 aliphatic rings. The third kappa shape index (κ3) is 2.51. The van der Waals surface area contributed by atoms with Gasteiger partial charge in [-0.3, -0.25) is 0 Å². The fraction of sp³-hybridized carbons (Fsp3) is 0.0909. The van der Waals surface area contributed by atoms with Gasteiger partial charge in [-0.25, -0.2) is 9.78 Å². The van der Waals surface area contributed by atoms with Crippen LogP contribution in [0.25, 0.3) is 10.4 Å². The molecule has 88 valence electrons. The van der Waals surface area contributed by atoms with Crippen molar-refractivity contribution in [2.24, 2.45) is 0 Å². The van der Waals surface area contributed by atoms with E-state index in [0.717, 1.165) is 14.9 Å². The highest BCUT2D eigenvalue weighted by Crippen LogP contribution is 2.35. The van der Waals surface area contributed by atoms with E-state index < -0.39 is 5.97 Å². The third-order valence-corrected chi connectivity index (χ3v) is 3.87. The molecule has 3 nitrogen and oxygen atoms in total. The van der Waals surface area contributed by atoms with Crippen molar-refractivity contribution in [3.8, 4) is 10.4 Å². The van der Waals surface area contributed by atoms with Crippen LogP contribution in [0.5, 0.6) is 0 Å². The van der Waals surface area contributed by atoms with E-state index in [9.17, 15) is 4.79 Å². The van der Waals surface area contributed by atoms with Gasteiger partial charge in [0.2, 0.25) is 0 Å². The fourth-order valence-corrected chi connectivity index (χ4v) is 3.18. The van der Waals surface area contributed by atoms with Crippen LogP contribution in [0.4, 0.5) is 0 Å². The van der Waals surface area contributed by atoms with Crippen LogP contribution in [0.3, 0.4) is 0 Å². The summed E-state index contributed by atoms with van der Waals surface area (Å²) in [6, 6.07) is 5.38. The van der Waals surface area contributed by atoms with Crippen LogP contribution in [0.15, 0.2) is 28.2 Å². The molecule has 0 aliphatic carbocycles. The van der Waals surface area contributed by atoms with Crippen LogP contribution in [0.2, 0.25) is 5.02 Å². The predicted molar refractivity (Wildman–Crippen MR) is 71.6 cm³/mol. The van der Waals surface area contributed by atoms with Crippen molar-refractivity contribution in [1.82, 2.24) is 4.98 Å². The van der Waals surface area contributed by atoms with Gasteiger partial charge in [0.25, 0.3) is 0 Å². The number of methoxy groups -OCH3 is 1. The maximum atomic E-state index is 11.5. The smallest absolute Gasteiger partial charge is 0.358 e. The average Bonchev–Trinajstić information content (AvgIpc) is 2.77. The van der Waals surface area contributed by atoms with E-state index in [1.54, 1.807) is 17.6 Å². The Kier molecular flexibility index (Phi) is 3.81. The number of thiazole rings is 1. The first-order valence-electron chi connectivity index (χ1n) is 4.60. The zero-order chi connectivity index (χ0) is 12.4. The molecule has 0 unspecified atom stereocenters. The van der Waals surface area contributed by atoms with Crippen LogP contribution in [0, 0.1) is 0 Å². The Hall–Kier alpha value is -0.910. The maximum Gasteiger partial charge on any atom is 0.358 e. The number of aromatic nitrogens is 1. The number of benzene rings is 1. The highest BCUT2D eigenvalue weighted by Gasteiger charge is 2.18. The molecule has 1 aromatic carbocycles. The molecule has 6 heteroatoms. The predicted octanol–water partition coefficient (Wildman–Crippen LogP) is 4.01. The first-order chi connectivity index (χ1) is 8.13. The molecular formula is C11H7BrClNO2S. The van der Waals surface area contributed by atoms with Gasteiger partial charge < -0.3 is 4.74 Å². The number of rotatable bonds is 2. The monoisotopic (exact) mass is 331 g/mol. The van der Waals surface area contributed by atoms with Gasteiger partial charge in [-0.05, 0) is 12.1 Å². The van der Waals surface area contributed by atoms with Crippen LogP contribution in [-0.4, -0.2) is 18.1 Å². The Balaban J connectivity index is 2.53. The van der Waals surface area contributed by atoms with E-state index in [-0.39, 0.29) is 0 Å². The molecule has 2 rings (SSSR count). The molecular weight excluding hydrogens is 326 g/mol. The standard InChI is InChI=1S/C11H7BrClNO2S/c1-16-11(15)9-10(17-5-14-9)7-3-2-6(13)4-8(7)12/h2-5H,1H3. The highest BCUT2D eigenvalue weighted by atomic mass is 79.9. The van der Waals surface area contributed by atoms with Crippen molar-refractivity contribution in [1.29, 1.82) is 0 Å². The summed E-state index contributed by atoms with van der Waals surface area (Å²) in [4.78, 5) is 16.3. The summed E-state index contributed by atoms with van der Waals surface area (Å²) in [5, 5.41) is 0.629. The molecule has 0 amide bonds. The molecule has 0 saturated heterocycles. The molecule has 17 heavy (non-hydrogen) atoms. The number of halogens is 2. The first kappa shape index (κ1) is 12.5. The number of hydrogen-bond donors (Lipinski definition) is 0. The second kappa shape index (κ2) is 5.16. The topological polar surface area (TPSA) is 39.2 Å². The van der Waals surface area contributed by atoms with Gasteiger partial charge in [-0.2, -0.15) is 0 Å². The van der Waals surface area contributed by atoms with Crippen molar-refractivity contribution in [3.63, 3.8) is 0 Å². The second-order valence-corrected chi connectivity index (χ2v) is 5.29. The molecule has 0 radical (unpaired) electrons. The van der Waals surface area contributed by atoms with Crippen LogP contribution < -0.4 is 0 Å². The van der Waals surface area contributed by atoms with Gasteiger partial charge in [0.05, 0.1) is 17.5 Å². The highest BCUT2D eigenvalue weighted by molar-refractivity contribution is 9.10. The van der Waals surface area contributed by atoms with Crippen molar-refractivity contribution in [2.45, 2.75) is 0 Å². The molecule has 0 fully saturated rings. The summed E-state index contributed by atoms with van der Waals surface area (Å²) in [7, 11) is 1.34. The van der Waals surface area contributed by atoms with Gasteiger partial charge in [-0.15, -0.1) is 11.3 Å². The minimum Gasteiger partial charge on any atom is -0.464 e. The quantitative estimate of drug-likeness (QED) is 0.780. The minimum atomic E-state index is -0.442. The Bertz CT molecular complexity index is 570. The summed E-state index contributed by atoms with van der Waals surface area (Å²) < 4.78 is 5.50. The van der Waals surface area contributed by atoms with Crippen molar-refractivity contribution >= 4 is 44.8 Å². The maximum absolute atomic E-state index is 11.5. The van der Waals surface area contributed by atoms with Crippen LogP contribution in [0.1, 0.15) is 10.5 Å². The Labute approximate surface area is 116 Å². The van der Waals surface area contributed by atoms with E-state index in [2.05, 4.69) is 25.7 Å². The van der Waals surface area contributed by atoms with Crippen molar-refractivity contribution in [2.75, 3.05) is 7.11 Å². The normalized spacial score (nSPS) is 10.3. The second-order valence-electron chi connectivity index (χ2n) is 3.15. The number of esters is 1. The summed E-state index contributed by atoms with van der Waals surface area (Å²) >= 11 is 10.7. The summed E-state index contributed by atoms with van der Waals surface area (Å²) in [5.74, 6) is -0.442. The van der Waals surface area contributed by atoms with Crippen molar-refractivity contribution < 1.29 is 9.53 Å². The summed E-state index contributed by atoms with van der Waals surface area (Å²) in [6.07, 6.45) is 0. The van der Waals surface area contributed by atoms with Crippen LogP contribution >= 0.6 is 38.9 Å². The number of nitrogens with zero attached hydrogens (tertiary/aromatic N) is 1. The molecule has 0 bridgehead atoms. The fourth-order valence-electron chi connectivity index (χ4n) is 1.35. The zero-order valence-corrected chi connectivity index (χ0v) is 11.9. The lowest BCUT2D eigenvalue weighted by atomic mass is 10.1. The van der Waals surface area contributed by atoms with Gasteiger partial charge >= 0.3 is 5.97 Å². The van der Waals surface area contributed by atoms with Gasteiger partial charge in [0, 0.05) is 15.1 Å². The van der Waals surface area contributed by atoms with E-state index >= 15 is 0 Å². The molecule has 0 atom stereocenters. The van der Waals surface area contributed by atoms with E-state index in [4.69, 9.17) is 11.6 Å². The molecule has 0 saturated carbocycles. The number of carbonyl (C=O) groups is 1. The van der Waals surface area contributed by atoms with E-state index in [1.165, 1.54) is 18.4 Å². The molecule has 0 aliphatic heterocycles. The lowest BCUT2D eigenvalue weighted by Crippen LogP contribution is -2.03. The Morgan fingerprint density at radius 1 is 1.53 bits per heavy atom. The third-order valence-electron chi connectivity index (χ3n) is 2.12. The summed E-state index contributed by atoms with van der Waals surface area (Å²) in [5.41, 5.74) is 2.81. The number of hydrogen-bond acceptors (Lipinski definition) is 4. The van der Waals surface area contributed by atoms with E-state index in [0.29, 0.717) is 10.7 Å². The van der Waals surface area contributed by atoms with Gasteiger partial charge in [0.15, 0.2) is 5.69 Å². The molecule has 0 spiro atoms. The van der Waals surface area contributed by atoms with E-state index in [1.807, 2.05) is 6.07 Å². The Morgan fingerprint density at radius 2 is 2.29 bits per heavy atom. The SMILES string of the molecule is COC(=O)c1ncsc1-c1ccc(Cl)cc1Br. The zero-order valence-electron chi connectivity index (χ0n) is 8.74. The largest absolute Gasteiger partial charge is 0.464 e. The van der Waals surface area contributed by atoms with Crippen molar-refractivity contribution in [3.05, 3.63) is 38.9 Å². The minimum absolute atomic E-state index is 0.320. The van der Waals surface area contributed by atoms with Gasteiger partial charge in [0.1, 0.15) is 0 Å². The number of carbonyl (C=O) groups excluding carboxylic acids is 1. The molecule has 0 N–H and O–H groups in total. The summed E-state index contributed by atoms with van der Waals surface area (Å²) in [6.45, 7) is 0. The lowest BCUT2D eigenvalue weighted by molar-refractivity contribution is 0.0596. The Morgan fingerprint density at radius 3 is 2.94 bits per heavy atom. The first-order valence-corrected chi connectivity index (χ1v) is 6.65. The van der Waals surface area contributed by atoms with Gasteiger partial charge in [-0.1, -0.05) is 33.6 Å². The molecule has 1 heterocycles. The lowest BCUT2D eigenvalue weighted by Gasteiger charge is -2.04. The number of ether oxygens (including phenoxy) is 1. The van der Waals surface area contributed by atoms with Crippen LogP contribution in [-0.2, 0) is 4.74 Å². The molecule has 1 aromatic heterocycles. The molecule has 2 aromatic rings.